The molecule has 0 N–H and O–H groups in total. The van der Waals surface area contributed by atoms with Crippen LogP contribution in [0.5, 0.6) is 0 Å². The third-order valence-corrected chi connectivity index (χ3v) is 2.46. The Morgan fingerprint density at radius 2 is 2.58 bits per heavy atom. The summed E-state index contributed by atoms with van der Waals surface area (Å²) in [5.74, 6) is 0.164. The van der Waals surface area contributed by atoms with E-state index in [9.17, 15) is 0 Å². The number of hydrogen-bond donors (Lipinski definition) is 0. The highest BCUT2D eigenvalue weighted by molar-refractivity contribution is 5.17. The summed E-state index contributed by atoms with van der Waals surface area (Å²) in [6, 6.07) is 2.29. The van der Waals surface area contributed by atoms with E-state index in [1.807, 2.05) is 10.9 Å². The molecule has 1 aromatic rings. The molecule has 0 bridgehead atoms. The fourth-order valence-electron chi connectivity index (χ4n) is 1.70. The Bertz CT molecular complexity index is 332. The molecule has 3 heteroatoms. The second kappa shape index (κ2) is 2.63. The summed E-state index contributed by atoms with van der Waals surface area (Å²) in [4.78, 5) is 0. The molecule has 2 heterocycles. The molecule has 1 aliphatic heterocycles. The molecule has 0 aromatic carbocycles. The lowest BCUT2D eigenvalue weighted by Gasteiger charge is -2.18. The Labute approximate surface area is 71.6 Å². The zero-order chi connectivity index (χ0) is 8.55. The number of aromatic nitrogens is 2. The minimum Gasteiger partial charge on any atom is -0.268 e. The van der Waals surface area contributed by atoms with E-state index in [2.05, 4.69) is 18.1 Å². The number of hydrogen-bond acceptors (Lipinski definition) is 2. The molecule has 3 nitrogen and oxygen atoms in total. The van der Waals surface area contributed by atoms with Gasteiger partial charge in [-0.3, -0.25) is 4.68 Å². The first-order valence-corrected chi connectivity index (χ1v) is 4.22. The second-order valence-corrected chi connectivity index (χ2v) is 3.32. The molecule has 1 aliphatic rings. The van der Waals surface area contributed by atoms with Crippen LogP contribution in [0.25, 0.3) is 0 Å². The van der Waals surface area contributed by atoms with Gasteiger partial charge in [-0.2, -0.15) is 10.4 Å². The van der Waals surface area contributed by atoms with Gasteiger partial charge >= 0.3 is 0 Å². The van der Waals surface area contributed by atoms with Crippen LogP contribution >= 0.6 is 0 Å². The van der Waals surface area contributed by atoms with Crippen LogP contribution < -0.4 is 0 Å². The van der Waals surface area contributed by atoms with E-state index in [1.165, 1.54) is 11.3 Å². The molecule has 0 spiro atoms. The Morgan fingerprint density at radius 1 is 1.75 bits per heavy atom. The summed E-state index contributed by atoms with van der Waals surface area (Å²) in [6.45, 7) is 2.85. The maximum Gasteiger partial charge on any atom is 0.0675 e. The van der Waals surface area contributed by atoms with Gasteiger partial charge < -0.3 is 0 Å². The van der Waals surface area contributed by atoms with Gasteiger partial charge in [0.25, 0.3) is 0 Å². The van der Waals surface area contributed by atoms with Gasteiger partial charge in [0, 0.05) is 5.69 Å². The molecule has 1 unspecified atom stereocenters. The van der Waals surface area contributed by atoms with E-state index in [0.717, 1.165) is 19.4 Å². The summed E-state index contributed by atoms with van der Waals surface area (Å²) < 4.78 is 1.96. The first kappa shape index (κ1) is 7.35. The Balaban J connectivity index is 2.31. The number of nitriles is 1. The standard InChI is InChI=1S/C9H11N3/c1-7-5-11-12-6-8(4-10)2-3-9(7)12/h5,8H,2-3,6H2,1H3. The van der Waals surface area contributed by atoms with Crippen LogP contribution in [0.15, 0.2) is 6.20 Å². The molecule has 0 amide bonds. The van der Waals surface area contributed by atoms with Crippen molar-refractivity contribution in [2.45, 2.75) is 26.3 Å². The van der Waals surface area contributed by atoms with Crippen LogP contribution in [0.3, 0.4) is 0 Å². The van der Waals surface area contributed by atoms with Crippen molar-refractivity contribution in [2.75, 3.05) is 0 Å². The van der Waals surface area contributed by atoms with Gasteiger partial charge in [0.15, 0.2) is 0 Å². The molecule has 1 atom stereocenters. The molecule has 0 fully saturated rings. The van der Waals surface area contributed by atoms with E-state index in [-0.39, 0.29) is 5.92 Å². The van der Waals surface area contributed by atoms with Crippen LogP contribution in [0, 0.1) is 24.2 Å². The molecule has 2 rings (SSSR count). The monoisotopic (exact) mass is 161 g/mol. The highest BCUT2D eigenvalue weighted by Crippen LogP contribution is 2.20. The first-order valence-electron chi connectivity index (χ1n) is 4.22. The van der Waals surface area contributed by atoms with Crippen molar-refractivity contribution in [1.29, 1.82) is 5.26 Å². The van der Waals surface area contributed by atoms with E-state index in [0.29, 0.717) is 0 Å². The zero-order valence-electron chi connectivity index (χ0n) is 7.12. The fourth-order valence-corrected chi connectivity index (χ4v) is 1.70. The van der Waals surface area contributed by atoms with Gasteiger partial charge in [-0.05, 0) is 25.3 Å². The van der Waals surface area contributed by atoms with Gasteiger partial charge in [0.05, 0.1) is 24.7 Å². The zero-order valence-corrected chi connectivity index (χ0v) is 7.12. The van der Waals surface area contributed by atoms with Crippen molar-refractivity contribution in [3.63, 3.8) is 0 Å². The van der Waals surface area contributed by atoms with Crippen LogP contribution in [0.2, 0.25) is 0 Å². The molecule has 62 valence electrons. The van der Waals surface area contributed by atoms with Crippen molar-refractivity contribution in [3.8, 4) is 6.07 Å². The highest BCUT2D eigenvalue weighted by atomic mass is 15.3. The smallest absolute Gasteiger partial charge is 0.0675 e. The Morgan fingerprint density at radius 3 is 3.33 bits per heavy atom. The third-order valence-electron chi connectivity index (χ3n) is 2.46. The van der Waals surface area contributed by atoms with Gasteiger partial charge in [-0.15, -0.1) is 0 Å². The van der Waals surface area contributed by atoms with Gasteiger partial charge in [-0.25, -0.2) is 0 Å². The lowest BCUT2D eigenvalue weighted by atomic mass is 9.98. The number of aryl methyl sites for hydroxylation is 1. The molecule has 0 radical (unpaired) electrons. The minimum absolute atomic E-state index is 0.164. The lowest BCUT2D eigenvalue weighted by Crippen LogP contribution is -2.19. The molecule has 0 saturated carbocycles. The number of rotatable bonds is 0. The Hall–Kier alpha value is -1.30. The van der Waals surface area contributed by atoms with Crippen LogP contribution in [-0.4, -0.2) is 9.78 Å². The quantitative estimate of drug-likeness (QED) is 0.575. The maximum absolute atomic E-state index is 8.73. The van der Waals surface area contributed by atoms with Crippen molar-refractivity contribution in [2.24, 2.45) is 5.92 Å². The normalized spacial score (nSPS) is 21.5. The number of fused-ring (bicyclic) bond motifs is 1. The second-order valence-electron chi connectivity index (χ2n) is 3.32. The molecule has 1 aromatic heterocycles. The topological polar surface area (TPSA) is 41.6 Å². The summed E-state index contributed by atoms with van der Waals surface area (Å²) in [6.07, 6.45) is 3.88. The molecule has 0 aliphatic carbocycles. The van der Waals surface area contributed by atoms with Gasteiger partial charge in [0.1, 0.15) is 0 Å². The molecular weight excluding hydrogens is 150 g/mol. The fraction of sp³-hybridized carbons (Fsp3) is 0.556. The number of nitrogens with zero attached hydrogens (tertiary/aromatic N) is 3. The average molecular weight is 161 g/mol. The van der Waals surface area contributed by atoms with Crippen LogP contribution in [0.1, 0.15) is 17.7 Å². The molecule has 0 saturated heterocycles. The highest BCUT2D eigenvalue weighted by Gasteiger charge is 2.19. The average Bonchev–Trinajstić information content (AvgIpc) is 2.47. The molecule has 12 heavy (non-hydrogen) atoms. The summed E-state index contributed by atoms with van der Waals surface area (Å²) in [7, 11) is 0. The largest absolute Gasteiger partial charge is 0.268 e. The van der Waals surface area contributed by atoms with E-state index in [4.69, 9.17) is 5.26 Å². The van der Waals surface area contributed by atoms with Crippen molar-refractivity contribution >= 4 is 0 Å². The first-order chi connectivity index (χ1) is 5.81. The SMILES string of the molecule is Cc1cnn2c1CCC(C#N)C2. The minimum atomic E-state index is 0.164. The predicted molar refractivity (Wildman–Crippen MR) is 44.4 cm³/mol. The third kappa shape index (κ3) is 1.00. The van der Waals surface area contributed by atoms with Crippen molar-refractivity contribution in [3.05, 3.63) is 17.5 Å². The lowest BCUT2D eigenvalue weighted by molar-refractivity contribution is 0.411. The van der Waals surface area contributed by atoms with E-state index < -0.39 is 0 Å². The summed E-state index contributed by atoms with van der Waals surface area (Å²) in [5.41, 5.74) is 2.56. The van der Waals surface area contributed by atoms with Crippen LogP contribution in [0.4, 0.5) is 0 Å². The summed E-state index contributed by atoms with van der Waals surface area (Å²) in [5, 5.41) is 13.0. The van der Waals surface area contributed by atoms with E-state index >= 15 is 0 Å². The van der Waals surface area contributed by atoms with E-state index in [1.54, 1.807) is 0 Å². The van der Waals surface area contributed by atoms with Gasteiger partial charge in [0.2, 0.25) is 0 Å². The maximum atomic E-state index is 8.73. The summed E-state index contributed by atoms with van der Waals surface area (Å²) >= 11 is 0. The van der Waals surface area contributed by atoms with Crippen molar-refractivity contribution < 1.29 is 0 Å². The Kier molecular flexibility index (Phi) is 1.61. The van der Waals surface area contributed by atoms with Crippen molar-refractivity contribution in [1.82, 2.24) is 9.78 Å². The van der Waals surface area contributed by atoms with Gasteiger partial charge in [-0.1, -0.05) is 0 Å². The predicted octanol–water partition coefficient (Wildman–Crippen LogP) is 1.28. The van der Waals surface area contributed by atoms with Crippen LogP contribution in [-0.2, 0) is 13.0 Å². The molecular formula is C9H11N3.